The molecule has 3 rings (SSSR count). The molecule has 1 atom stereocenters. The van der Waals surface area contributed by atoms with Gasteiger partial charge in [0.2, 0.25) is 5.91 Å². The molecule has 7 nitrogen and oxygen atoms in total. The molecule has 2 saturated heterocycles. The number of carbonyl (C=O) groups is 1. The van der Waals surface area contributed by atoms with Crippen LogP contribution in [0.2, 0.25) is 0 Å². The van der Waals surface area contributed by atoms with Crippen molar-refractivity contribution in [1.82, 2.24) is 15.5 Å². The van der Waals surface area contributed by atoms with Crippen molar-refractivity contribution < 1.29 is 13.9 Å². The molecule has 0 saturated carbocycles. The van der Waals surface area contributed by atoms with Crippen LogP contribution in [0.3, 0.4) is 0 Å². The zero-order valence-corrected chi connectivity index (χ0v) is 19.6. The first-order valence-corrected chi connectivity index (χ1v) is 10.7. The maximum atomic E-state index is 12.1. The van der Waals surface area contributed by atoms with Crippen LogP contribution in [0.4, 0.5) is 0 Å². The average molecular weight is 518 g/mol. The number of ether oxygens (including phenoxy) is 1. The van der Waals surface area contributed by atoms with Crippen LogP contribution in [0.25, 0.3) is 0 Å². The highest BCUT2D eigenvalue weighted by molar-refractivity contribution is 14.0. The minimum absolute atomic E-state index is 0. The molecule has 1 unspecified atom stereocenters. The smallest absolute Gasteiger partial charge is 0.222 e. The van der Waals surface area contributed by atoms with Crippen molar-refractivity contribution in [3.05, 3.63) is 24.2 Å². The molecule has 8 heteroatoms. The van der Waals surface area contributed by atoms with Gasteiger partial charge in [0.25, 0.3) is 0 Å². The van der Waals surface area contributed by atoms with E-state index < -0.39 is 0 Å². The zero-order valence-electron chi connectivity index (χ0n) is 17.2. The summed E-state index contributed by atoms with van der Waals surface area (Å²) < 4.78 is 10.8. The van der Waals surface area contributed by atoms with Crippen molar-refractivity contribution in [2.45, 2.75) is 44.9 Å². The lowest BCUT2D eigenvalue weighted by molar-refractivity contribution is -0.130. The third-order valence-electron chi connectivity index (χ3n) is 5.34. The molecule has 29 heavy (non-hydrogen) atoms. The lowest BCUT2D eigenvalue weighted by Gasteiger charge is -2.21. The number of hydrogen-bond acceptors (Lipinski definition) is 4. The van der Waals surface area contributed by atoms with E-state index in [-0.39, 0.29) is 24.0 Å². The van der Waals surface area contributed by atoms with Gasteiger partial charge in [0, 0.05) is 58.1 Å². The first kappa shape index (κ1) is 24.0. The molecule has 0 aromatic carbocycles. The van der Waals surface area contributed by atoms with E-state index in [0.717, 1.165) is 89.8 Å². The number of aliphatic imine (C=N–C) groups is 1. The van der Waals surface area contributed by atoms with Crippen LogP contribution in [0.15, 0.2) is 27.8 Å². The largest absolute Gasteiger partial charge is 0.469 e. The summed E-state index contributed by atoms with van der Waals surface area (Å²) in [5, 5.41) is 6.82. The molecule has 1 aromatic heterocycles. The average Bonchev–Trinajstić information content (AvgIpc) is 3.37. The first-order valence-electron chi connectivity index (χ1n) is 10.7. The molecule has 0 radical (unpaired) electrons. The fraction of sp³-hybridized carbons (Fsp3) is 0.714. The predicted octanol–water partition coefficient (Wildman–Crippen LogP) is 2.80. The summed E-state index contributed by atoms with van der Waals surface area (Å²) in [7, 11) is 0. The topological polar surface area (TPSA) is 79.1 Å². The minimum Gasteiger partial charge on any atom is -0.469 e. The Labute approximate surface area is 191 Å². The molecule has 3 heterocycles. The van der Waals surface area contributed by atoms with Crippen LogP contribution in [0.5, 0.6) is 0 Å². The van der Waals surface area contributed by atoms with Crippen molar-refractivity contribution in [2.75, 3.05) is 45.9 Å². The van der Waals surface area contributed by atoms with Gasteiger partial charge in [-0.15, -0.1) is 24.0 Å². The van der Waals surface area contributed by atoms with E-state index in [0.29, 0.717) is 18.2 Å². The molecule has 0 bridgehead atoms. The second-order valence-corrected chi connectivity index (χ2v) is 7.65. The van der Waals surface area contributed by atoms with Gasteiger partial charge in [-0.2, -0.15) is 0 Å². The molecule has 0 aliphatic carbocycles. The SMILES string of the molecule is I.O=C1CCCCCN1CCCNC(=NCC1CCOC1)NCCc1ccco1. The molecule has 2 aliphatic heterocycles. The Bertz CT molecular complexity index is 603. The number of hydrogen-bond donors (Lipinski definition) is 2. The highest BCUT2D eigenvalue weighted by Gasteiger charge is 2.16. The number of furan rings is 1. The predicted molar refractivity (Wildman–Crippen MR) is 125 cm³/mol. The molecule has 2 fully saturated rings. The Kier molecular flexibility index (Phi) is 11.5. The van der Waals surface area contributed by atoms with E-state index >= 15 is 0 Å². The number of carbonyl (C=O) groups excluding carboxylic acids is 1. The molecule has 0 spiro atoms. The second-order valence-electron chi connectivity index (χ2n) is 7.65. The van der Waals surface area contributed by atoms with Crippen LogP contribution in [0.1, 0.15) is 44.3 Å². The fourth-order valence-electron chi connectivity index (χ4n) is 3.63. The zero-order chi connectivity index (χ0) is 19.4. The van der Waals surface area contributed by atoms with E-state index in [1.807, 2.05) is 17.0 Å². The van der Waals surface area contributed by atoms with Gasteiger partial charge >= 0.3 is 0 Å². The lowest BCUT2D eigenvalue weighted by atomic mass is 10.1. The van der Waals surface area contributed by atoms with E-state index in [4.69, 9.17) is 14.1 Å². The van der Waals surface area contributed by atoms with Gasteiger partial charge in [-0.25, -0.2) is 0 Å². The normalized spacial score (nSPS) is 20.3. The van der Waals surface area contributed by atoms with Crippen molar-refractivity contribution in [3.63, 3.8) is 0 Å². The number of amides is 1. The summed E-state index contributed by atoms with van der Waals surface area (Å²) in [6.45, 7) is 5.73. The number of likely N-dealkylation sites (tertiary alicyclic amines) is 1. The molecule has 2 aliphatic rings. The Hall–Kier alpha value is -1.29. The van der Waals surface area contributed by atoms with E-state index in [1.165, 1.54) is 6.42 Å². The second kappa shape index (κ2) is 13.8. The van der Waals surface area contributed by atoms with Crippen LogP contribution in [0, 0.1) is 5.92 Å². The molecular weight excluding hydrogens is 483 g/mol. The maximum Gasteiger partial charge on any atom is 0.222 e. The van der Waals surface area contributed by atoms with Crippen molar-refractivity contribution in [3.8, 4) is 0 Å². The van der Waals surface area contributed by atoms with E-state index in [9.17, 15) is 4.79 Å². The monoisotopic (exact) mass is 518 g/mol. The quantitative estimate of drug-likeness (QED) is 0.228. The summed E-state index contributed by atoms with van der Waals surface area (Å²) in [5.74, 6) is 2.62. The number of guanidine groups is 1. The molecule has 164 valence electrons. The standard InChI is InChI=1S/C21H34N4O3.HI/c26-20-7-2-1-3-12-25(20)13-5-10-22-21(24-16-18-9-15-27-17-18)23-11-8-19-6-4-14-28-19;/h4,6,14,18H,1-3,5,7-13,15-17H2,(H2,22,23,24);1H. The van der Waals surface area contributed by atoms with Crippen molar-refractivity contribution in [2.24, 2.45) is 10.9 Å². The van der Waals surface area contributed by atoms with Crippen molar-refractivity contribution in [1.29, 1.82) is 0 Å². The molecule has 2 N–H and O–H groups in total. The van der Waals surface area contributed by atoms with Gasteiger partial charge in [0.15, 0.2) is 5.96 Å². The summed E-state index contributed by atoms with van der Waals surface area (Å²) in [5.41, 5.74) is 0. The fourth-order valence-corrected chi connectivity index (χ4v) is 3.63. The molecular formula is C21H35IN4O3. The summed E-state index contributed by atoms with van der Waals surface area (Å²) in [4.78, 5) is 18.9. The number of nitrogens with one attached hydrogen (secondary N) is 2. The van der Waals surface area contributed by atoms with Gasteiger partial charge in [-0.1, -0.05) is 6.42 Å². The number of halogens is 1. The summed E-state index contributed by atoms with van der Waals surface area (Å²) in [6.07, 6.45) is 8.57. The summed E-state index contributed by atoms with van der Waals surface area (Å²) in [6, 6.07) is 3.90. The molecule has 1 amide bonds. The van der Waals surface area contributed by atoms with Crippen molar-refractivity contribution >= 4 is 35.8 Å². The summed E-state index contributed by atoms with van der Waals surface area (Å²) >= 11 is 0. The third kappa shape index (κ3) is 8.94. The minimum atomic E-state index is 0. The lowest BCUT2D eigenvalue weighted by Crippen LogP contribution is -2.40. The van der Waals surface area contributed by atoms with Gasteiger partial charge in [-0.3, -0.25) is 9.79 Å². The Balaban J connectivity index is 0.00000300. The van der Waals surface area contributed by atoms with Gasteiger partial charge in [0.1, 0.15) is 5.76 Å². The highest BCUT2D eigenvalue weighted by atomic mass is 127. The highest BCUT2D eigenvalue weighted by Crippen LogP contribution is 2.12. The maximum absolute atomic E-state index is 12.1. The number of nitrogens with zero attached hydrogens (tertiary/aromatic N) is 2. The Morgan fingerprint density at radius 3 is 2.93 bits per heavy atom. The van der Waals surface area contributed by atoms with Crippen LogP contribution in [-0.4, -0.2) is 62.7 Å². The third-order valence-corrected chi connectivity index (χ3v) is 5.34. The molecule has 1 aromatic rings. The van der Waals surface area contributed by atoms with Crippen LogP contribution >= 0.6 is 24.0 Å². The first-order chi connectivity index (χ1) is 13.8. The van der Waals surface area contributed by atoms with Gasteiger partial charge in [0.05, 0.1) is 12.9 Å². The van der Waals surface area contributed by atoms with Crippen LogP contribution in [-0.2, 0) is 16.0 Å². The Morgan fingerprint density at radius 2 is 2.14 bits per heavy atom. The number of rotatable bonds is 9. The van der Waals surface area contributed by atoms with Gasteiger partial charge in [-0.05, 0) is 37.8 Å². The van der Waals surface area contributed by atoms with Gasteiger partial charge < -0.3 is 24.7 Å². The van der Waals surface area contributed by atoms with E-state index in [1.54, 1.807) is 6.26 Å². The van der Waals surface area contributed by atoms with Crippen LogP contribution < -0.4 is 10.6 Å². The van der Waals surface area contributed by atoms with E-state index in [2.05, 4.69) is 10.6 Å². The Morgan fingerprint density at radius 1 is 1.24 bits per heavy atom.